The van der Waals surface area contributed by atoms with E-state index in [4.69, 9.17) is 17.0 Å². The third-order valence-electron chi connectivity index (χ3n) is 4.25. The van der Waals surface area contributed by atoms with E-state index in [9.17, 15) is 4.79 Å². The Hall–Kier alpha value is -2.40. The number of rotatable bonds is 3. The van der Waals surface area contributed by atoms with E-state index in [0.29, 0.717) is 16.5 Å². The highest BCUT2D eigenvalue weighted by molar-refractivity contribution is 7.80. The fourth-order valence-electron chi connectivity index (χ4n) is 2.76. The van der Waals surface area contributed by atoms with Crippen LogP contribution in [0, 0.1) is 6.92 Å². The molecule has 1 fully saturated rings. The molecule has 0 aliphatic carbocycles. The number of hydrogen-bond donors (Lipinski definition) is 1. The van der Waals surface area contributed by atoms with Crippen LogP contribution in [-0.4, -0.2) is 29.1 Å². The molecule has 0 atom stereocenters. The minimum atomic E-state index is -0.144. The molecule has 130 valence electrons. The highest BCUT2D eigenvalue weighted by atomic mass is 32.1. The van der Waals surface area contributed by atoms with Gasteiger partial charge in [0.2, 0.25) is 0 Å². The van der Waals surface area contributed by atoms with Crippen LogP contribution in [0.25, 0.3) is 0 Å². The van der Waals surface area contributed by atoms with E-state index in [2.05, 4.69) is 10.2 Å². The van der Waals surface area contributed by atoms with Gasteiger partial charge in [-0.1, -0.05) is 17.7 Å². The quantitative estimate of drug-likeness (QED) is 0.830. The molecule has 1 N–H and O–H groups in total. The molecule has 4 nitrogen and oxygen atoms in total. The van der Waals surface area contributed by atoms with Crippen molar-refractivity contribution in [3.05, 3.63) is 59.7 Å². The number of aryl methyl sites for hydroxylation is 1. The molecule has 0 saturated carbocycles. The lowest BCUT2D eigenvalue weighted by atomic mass is 10.1. The number of carbonyl (C=O) groups excluding carboxylic acids is 1. The fourth-order valence-corrected chi connectivity index (χ4v) is 3.04. The maximum absolute atomic E-state index is 12.3. The van der Waals surface area contributed by atoms with Gasteiger partial charge in [0.05, 0.1) is 0 Å². The second kappa shape index (κ2) is 8.12. The molecule has 1 aliphatic heterocycles. The topological polar surface area (TPSA) is 41.6 Å². The first kappa shape index (κ1) is 17.4. The third-order valence-corrected chi connectivity index (χ3v) is 4.59. The van der Waals surface area contributed by atoms with E-state index < -0.39 is 0 Å². The van der Waals surface area contributed by atoms with Gasteiger partial charge in [-0.3, -0.25) is 4.79 Å². The van der Waals surface area contributed by atoms with Crippen LogP contribution in [0.3, 0.4) is 0 Å². The summed E-state index contributed by atoms with van der Waals surface area (Å²) in [6, 6.07) is 14.8. The molecule has 1 amide bonds. The fraction of sp³-hybridized carbons (Fsp3) is 0.300. The molecule has 1 aliphatic rings. The average molecular weight is 354 g/mol. The number of ether oxygens (including phenoxy) is 1. The predicted molar refractivity (Wildman–Crippen MR) is 104 cm³/mol. The second-order valence-electron chi connectivity index (χ2n) is 6.26. The standard InChI is InChI=1S/C20H22N2O2S/c1-15-5-9-17(10-6-15)21-19(23)16-7-11-18(12-8-16)24-20(25)22-13-3-2-4-14-22/h5-12H,2-4,13-14H2,1H3,(H,21,23). The van der Waals surface area contributed by atoms with Crippen LogP contribution in [0.15, 0.2) is 48.5 Å². The summed E-state index contributed by atoms with van der Waals surface area (Å²) in [5.74, 6) is 0.511. The van der Waals surface area contributed by atoms with E-state index in [1.807, 2.05) is 31.2 Å². The SMILES string of the molecule is Cc1ccc(NC(=O)c2ccc(OC(=S)N3CCCCC3)cc2)cc1. The number of thiocarbonyl (C=S) groups is 1. The summed E-state index contributed by atoms with van der Waals surface area (Å²) in [7, 11) is 0. The maximum atomic E-state index is 12.3. The van der Waals surface area contributed by atoms with E-state index in [1.54, 1.807) is 24.3 Å². The minimum Gasteiger partial charge on any atom is -0.432 e. The molecule has 5 heteroatoms. The largest absolute Gasteiger partial charge is 0.432 e. The zero-order chi connectivity index (χ0) is 17.6. The number of piperidine rings is 1. The van der Waals surface area contributed by atoms with Gasteiger partial charge in [-0.05, 0) is 74.8 Å². The number of carbonyl (C=O) groups is 1. The lowest BCUT2D eigenvalue weighted by molar-refractivity contribution is 0.102. The second-order valence-corrected chi connectivity index (χ2v) is 6.61. The molecule has 0 radical (unpaired) electrons. The Labute approximate surface area is 153 Å². The van der Waals surface area contributed by atoms with Gasteiger partial charge in [0.15, 0.2) is 0 Å². The van der Waals surface area contributed by atoms with Gasteiger partial charge >= 0.3 is 0 Å². The summed E-state index contributed by atoms with van der Waals surface area (Å²) in [4.78, 5) is 14.4. The molecule has 0 spiro atoms. The first-order valence-corrected chi connectivity index (χ1v) is 8.97. The highest BCUT2D eigenvalue weighted by Gasteiger charge is 2.15. The molecule has 0 unspecified atom stereocenters. The smallest absolute Gasteiger partial charge is 0.264 e. The molecule has 1 heterocycles. The molecular formula is C20H22N2O2S. The predicted octanol–water partition coefficient (Wildman–Crippen LogP) is 4.40. The van der Waals surface area contributed by atoms with Crippen molar-refractivity contribution in [1.29, 1.82) is 0 Å². The van der Waals surface area contributed by atoms with Crippen molar-refractivity contribution < 1.29 is 9.53 Å². The van der Waals surface area contributed by atoms with E-state index in [-0.39, 0.29) is 5.91 Å². The number of anilines is 1. The van der Waals surface area contributed by atoms with Gasteiger partial charge < -0.3 is 15.0 Å². The van der Waals surface area contributed by atoms with Crippen LogP contribution < -0.4 is 10.1 Å². The van der Waals surface area contributed by atoms with Crippen molar-refractivity contribution in [3.8, 4) is 5.75 Å². The van der Waals surface area contributed by atoms with Gasteiger partial charge in [-0.25, -0.2) is 0 Å². The molecule has 2 aromatic rings. The van der Waals surface area contributed by atoms with Crippen molar-refractivity contribution >= 4 is 29.0 Å². The Kier molecular flexibility index (Phi) is 5.66. The summed E-state index contributed by atoms with van der Waals surface area (Å²) >= 11 is 5.36. The van der Waals surface area contributed by atoms with Crippen molar-refractivity contribution in [2.24, 2.45) is 0 Å². The number of amides is 1. The highest BCUT2D eigenvalue weighted by Crippen LogP contribution is 2.17. The number of hydrogen-bond acceptors (Lipinski definition) is 3. The molecule has 3 rings (SSSR count). The van der Waals surface area contributed by atoms with Crippen LogP contribution in [0.4, 0.5) is 5.69 Å². The van der Waals surface area contributed by atoms with Crippen molar-refractivity contribution in [2.75, 3.05) is 18.4 Å². The molecule has 0 bridgehead atoms. The van der Waals surface area contributed by atoms with Crippen LogP contribution in [0.1, 0.15) is 35.2 Å². The van der Waals surface area contributed by atoms with Gasteiger partial charge in [0, 0.05) is 24.3 Å². The lowest BCUT2D eigenvalue weighted by Gasteiger charge is -2.28. The van der Waals surface area contributed by atoms with E-state index >= 15 is 0 Å². The molecule has 0 aromatic heterocycles. The Balaban J connectivity index is 1.58. The molecule has 1 saturated heterocycles. The summed E-state index contributed by atoms with van der Waals surface area (Å²) in [6.07, 6.45) is 3.56. The number of nitrogens with zero attached hydrogens (tertiary/aromatic N) is 1. The number of nitrogens with one attached hydrogen (secondary N) is 1. The zero-order valence-electron chi connectivity index (χ0n) is 14.3. The average Bonchev–Trinajstić information content (AvgIpc) is 2.65. The van der Waals surface area contributed by atoms with Crippen LogP contribution >= 0.6 is 12.2 Å². The minimum absolute atomic E-state index is 0.144. The Bertz CT molecular complexity index is 735. The Morgan fingerprint density at radius 1 is 1.00 bits per heavy atom. The van der Waals surface area contributed by atoms with Gasteiger partial charge in [-0.2, -0.15) is 0 Å². The molecular weight excluding hydrogens is 332 g/mol. The first-order chi connectivity index (χ1) is 12.1. The molecule has 2 aromatic carbocycles. The van der Waals surface area contributed by atoms with Crippen molar-refractivity contribution in [1.82, 2.24) is 4.90 Å². The van der Waals surface area contributed by atoms with Crippen LogP contribution in [0.2, 0.25) is 0 Å². The third kappa shape index (κ3) is 4.79. The van der Waals surface area contributed by atoms with E-state index in [0.717, 1.165) is 37.2 Å². The van der Waals surface area contributed by atoms with Crippen LogP contribution in [-0.2, 0) is 0 Å². The van der Waals surface area contributed by atoms with E-state index in [1.165, 1.54) is 6.42 Å². The summed E-state index contributed by atoms with van der Waals surface area (Å²) in [6.45, 7) is 3.92. The Morgan fingerprint density at radius 3 is 2.28 bits per heavy atom. The van der Waals surface area contributed by atoms with Gasteiger partial charge in [0.1, 0.15) is 5.75 Å². The summed E-state index contributed by atoms with van der Waals surface area (Å²) in [5, 5.41) is 3.39. The zero-order valence-corrected chi connectivity index (χ0v) is 15.1. The van der Waals surface area contributed by atoms with Gasteiger partial charge in [0.25, 0.3) is 11.1 Å². The lowest BCUT2D eigenvalue weighted by Crippen LogP contribution is -2.37. The van der Waals surface area contributed by atoms with Crippen molar-refractivity contribution in [2.45, 2.75) is 26.2 Å². The molecule has 25 heavy (non-hydrogen) atoms. The summed E-state index contributed by atoms with van der Waals surface area (Å²) in [5.41, 5.74) is 2.52. The first-order valence-electron chi connectivity index (χ1n) is 8.57. The number of benzene rings is 2. The van der Waals surface area contributed by atoms with Crippen LogP contribution in [0.5, 0.6) is 5.75 Å². The monoisotopic (exact) mass is 354 g/mol. The normalized spacial score (nSPS) is 14.0. The Morgan fingerprint density at radius 2 is 1.64 bits per heavy atom. The van der Waals surface area contributed by atoms with Gasteiger partial charge in [-0.15, -0.1) is 0 Å². The summed E-state index contributed by atoms with van der Waals surface area (Å²) < 4.78 is 5.75. The maximum Gasteiger partial charge on any atom is 0.264 e. The number of likely N-dealkylation sites (tertiary alicyclic amines) is 1. The van der Waals surface area contributed by atoms with Crippen molar-refractivity contribution in [3.63, 3.8) is 0 Å².